The van der Waals surface area contributed by atoms with Crippen LogP contribution in [0.5, 0.6) is 0 Å². The van der Waals surface area contributed by atoms with E-state index in [2.05, 4.69) is 85.8 Å². The second kappa shape index (κ2) is 4.28. The third-order valence-electron chi connectivity index (χ3n) is 1.15. The molecule has 1 aromatic carbocycles. The second-order valence-corrected chi connectivity index (χ2v) is 5.46. The average Bonchev–Trinajstić information content (AvgIpc) is 1.85. The van der Waals surface area contributed by atoms with Crippen LogP contribution in [0.3, 0.4) is 0 Å². The molecule has 3 heteroatoms. The highest BCUT2D eigenvalue weighted by atomic mass is 127. The van der Waals surface area contributed by atoms with E-state index >= 15 is 0 Å². The van der Waals surface area contributed by atoms with Crippen molar-refractivity contribution in [2.45, 2.75) is 0 Å². The van der Waals surface area contributed by atoms with Crippen LogP contribution in [0.4, 0.5) is 0 Å². The summed E-state index contributed by atoms with van der Waals surface area (Å²) in [6.45, 7) is 0. The topological polar surface area (TPSA) is 0 Å². The molecule has 0 nitrogen and oxygen atoms in total. The molecular formula is C8H3I3. The van der Waals surface area contributed by atoms with Gasteiger partial charge in [0.1, 0.15) is 0 Å². The van der Waals surface area contributed by atoms with Crippen LogP contribution in [-0.4, -0.2) is 0 Å². The Balaban J connectivity index is 3.40. The van der Waals surface area contributed by atoms with E-state index in [1.807, 2.05) is 0 Å². The molecule has 1 rings (SSSR count). The van der Waals surface area contributed by atoms with E-state index in [0.717, 1.165) is 12.7 Å². The lowest BCUT2D eigenvalue weighted by atomic mass is 10.2. The molecule has 0 saturated carbocycles. The Hall–Kier alpha value is 0.970. The molecule has 0 spiro atoms. The quantitative estimate of drug-likeness (QED) is 0.395. The SMILES string of the molecule is C#Cc1c(I)cc(I)cc1I. The Bertz CT molecular complexity index is 300. The predicted octanol–water partition coefficient (Wildman–Crippen LogP) is 3.48. The highest BCUT2D eigenvalue weighted by Crippen LogP contribution is 2.21. The zero-order valence-electron chi connectivity index (χ0n) is 5.37. The van der Waals surface area contributed by atoms with Crippen molar-refractivity contribution in [1.29, 1.82) is 0 Å². The van der Waals surface area contributed by atoms with Crippen LogP contribution in [0.1, 0.15) is 5.56 Å². The van der Waals surface area contributed by atoms with Crippen molar-refractivity contribution in [1.82, 2.24) is 0 Å². The molecule has 0 unspecified atom stereocenters. The summed E-state index contributed by atoms with van der Waals surface area (Å²) in [5.41, 5.74) is 1.01. The summed E-state index contributed by atoms with van der Waals surface area (Å²) in [6.07, 6.45) is 5.34. The number of terminal acetylenes is 1. The number of halogens is 3. The minimum absolute atomic E-state index is 1.01. The molecular weight excluding hydrogens is 477 g/mol. The molecule has 0 amide bonds. The van der Waals surface area contributed by atoms with Crippen molar-refractivity contribution in [3.8, 4) is 12.3 Å². The third kappa shape index (κ3) is 2.45. The smallest absolute Gasteiger partial charge is 0.0510 e. The van der Waals surface area contributed by atoms with Crippen LogP contribution in [0, 0.1) is 23.1 Å². The first-order valence-corrected chi connectivity index (χ1v) is 6.00. The van der Waals surface area contributed by atoms with Gasteiger partial charge in [0.25, 0.3) is 0 Å². The molecule has 0 atom stereocenters. The zero-order chi connectivity index (χ0) is 8.43. The van der Waals surface area contributed by atoms with Gasteiger partial charge in [-0.2, -0.15) is 0 Å². The maximum atomic E-state index is 5.34. The fourth-order valence-corrected chi connectivity index (χ4v) is 4.57. The maximum absolute atomic E-state index is 5.34. The van der Waals surface area contributed by atoms with E-state index in [-0.39, 0.29) is 0 Å². The van der Waals surface area contributed by atoms with Crippen molar-refractivity contribution in [3.63, 3.8) is 0 Å². The lowest BCUT2D eigenvalue weighted by molar-refractivity contribution is 1.50. The summed E-state index contributed by atoms with van der Waals surface area (Å²) in [6, 6.07) is 4.16. The van der Waals surface area contributed by atoms with Crippen molar-refractivity contribution in [2.24, 2.45) is 0 Å². The molecule has 0 bridgehead atoms. The Kier molecular flexibility index (Phi) is 3.91. The van der Waals surface area contributed by atoms with Gasteiger partial charge in [0.15, 0.2) is 0 Å². The molecule has 0 aliphatic carbocycles. The lowest BCUT2D eigenvalue weighted by Crippen LogP contribution is -1.87. The van der Waals surface area contributed by atoms with Crippen LogP contribution in [0.15, 0.2) is 12.1 Å². The van der Waals surface area contributed by atoms with E-state index in [1.165, 1.54) is 3.57 Å². The normalized spacial score (nSPS) is 9.27. The van der Waals surface area contributed by atoms with Gasteiger partial charge < -0.3 is 0 Å². The molecule has 0 saturated heterocycles. The molecule has 0 radical (unpaired) electrons. The summed E-state index contributed by atoms with van der Waals surface area (Å²) < 4.78 is 3.54. The summed E-state index contributed by atoms with van der Waals surface area (Å²) in [5.74, 6) is 2.67. The number of hydrogen-bond acceptors (Lipinski definition) is 0. The fourth-order valence-electron chi connectivity index (χ4n) is 0.680. The summed E-state index contributed by atoms with van der Waals surface area (Å²) >= 11 is 6.80. The van der Waals surface area contributed by atoms with Gasteiger partial charge in [-0.3, -0.25) is 0 Å². The van der Waals surface area contributed by atoms with Gasteiger partial charge in [0.05, 0.1) is 5.56 Å². The van der Waals surface area contributed by atoms with Crippen molar-refractivity contribution >= 4 is 67.8 Å². The van der Waals surface area contributed by atoms with Crippen LogP contribution in [0.2, 0.25) is 0 Å². The third-order valence-corrected chi connectivity index (χ3v) is 3.48. The molecule has 0 N–H and O–H groups in total. The molecule has 0 fully saturated rings. The van der Waals surface area contributed by atoms with E-state index in [9.17, 15) is 0 Å². The fraction of sp³-hybridized carbons (Fsp3) is 0. The van der Waals surface area contributed by atoms with Crippen LogP contribution >= 0.6 is 67.8 Å². The molecule has 56 valence electrons. The molecule has 0 aromatic heterocycles. The average molecular weight is 480 g/mol. The van der Waals surface area contributed by atoms with Gasteiger partial charge in [0.2, 0.25) is 0 Å². The Labute approximate surface area is 107 Å². The summed E-state index contributed by atoms with van der Waals surface area (Å²) in [4.78, 5) is 0. The molecule has 11 heavy (non-hydrogen) atoms. The largest absolute Gasteiger partial charge is 0.115 e. The maximum Gasteiger partial charge on any atom is 0.0510 e. The molecule has 0 heterocycles. The first-order chi connectivity index (χ1) is 5.15. The Morgan fingerprint density at radius 3 is 1.91 bits per heavy atom. The highest BCUT2D eigenvalue weighted by Gasteiger charge is 2.02. The zero-order valence-corrected chi connectivity index (χ0v) is 11.8. The predicted molar refractivity (Wildman–Crippen MR) is 72.5 cm³/mol. The molecule has 1 aromatic rings. The van der Waals surface area contributed by atoms with Gasteiger partial charge in [-0.15, -0.1) is 6.42 Å². The second-order valence-electron chi connectivity index (χ2n) is 1.89. The van der Waals surface area contributed by atoms with E-state index in [1.54, 1.807) is 0 Å². The van der Waals surface area contributed by atoms with Gasteiger partial charge in [-0.25, -0.2) is 0 Å². The van der Waals surface area contributed by atoms with Crippen molar-refractivity contribution < 1.29 is 0 Å². The van der Waals surface area contributed by atoms with Gasteiger partial charge >= 0.3 is 0 Å². The Morgan fingerprint density at radius 2 is 1.55 bits per heavy atom. The summed E-state index contributed by atoms with van der Waals surface area (Å²) in [7, 11) is 0. The van der Waals surface area contributed by atoms with Crippen LogP contribution in [-0.2, 0) is 0 Å². The van der Waals surface area contributed by atoms with Gasteiger partial charge in [0, 0.05) is 10.7 Å². The van der Waals surface area contributed by atoms with Crippen molar-refractivity contribution in [3.05, 3.63) is 28.4 Å². The van der Waals surface area contributed by atoms with E-state index in [4.69, 9.17) is 6.42 Å². The Morgan fingerprint density at radius 1 is 1.09 bits per heavy atom. The van der Waals surface area contributed by atoms with E-state index in [0.29, 0.717) is 0 Å². The van der Waals surface area contributed by atoms with Crippen LogP contribution < -0.4 is 0 Å². The number of benzene rings is 1. The highest BCUT2D eigenvalue weighted by molar-refractivity contribution is 14.1. The molecule has 0 aliphatic heterocycles. The van der Waals surface area contributed by atoms with Gasteiger partial charge in [-0.05, 0) is 79.9 Å². The first-order valence-electron chi connectivity index (χ1n) is 2.76. The number of rotatable bonds is 0. The summed E-state index contributed by atoms with van der Waals surface area (Å²) in [5, 5.41) is 0. The lowest BCUT2D eigenvalue weighted by Gasteiger charge is -2.00. The minimum Gasteiger partial charge on any atom is -0.115 e. The van der Waals surface area contributed by atoms with Crippen LogP contribution in [0.25, 0.3) is 0 Å². The number of hydrogen-bond donors (Lipinski definition) is 0. The van der Waals surface area contributed by atoms with Gasteiger partial charge in [-0.1, -0.05) is 5.92 Å². The minimum atomic E-state index is 1.01. The van der Waals surface area contributed by atoms with Crippen molar-refractivity contribution in [2.75, 3.05) is 0 Å². The monoisotopic (exact) mass is 480 g/mol. The first kappa shape index (κ1) is 10.1. The molecule has 0 aliphatic rings. The van der Waals surface area contributed by atoms with E-state index < -0.39 is 0 Å². The standard InChI is InChI=1S/C8H3I3/c1-2-6-7(10)3-5(9)4-8(6)11/h1,3-4H.